The van der Waals surface area contributed by atoms with Gasteiger partial charge >= 0.3 is 0 Å². The van der Waals surface area contributed by atoms with Crippen molar-refractivity contribution in [3.63, 3.8) is 0 Å². The highest BCUT2D eigenvalue weighted by molar-refractivity contribution is 6.06. The van der Waals surface area contributed by atoms with E-state index in [1.807, 2.05) is 19.9 Å². The molecule has 0 aliphatic rings. The summed E-state index contributed by atoms with van der Waals surface area (Å²) in [6, 6.07) is 0. The van der Waals surface area contributed by atoms with Crippen molar-refractivity contribution in [2.75, 3.05) is 0 Å². The van der Waals surface area contributed by atoms with Crippen LogP contribution in [0.5, 0.6) is 0 Å². The lowest BCUT2D eigenvalue weighted by Crippen LogP contribution is -2.38. The molecule has 0 aromatic heterocycles. The zero-order valence-corrected chi connectivity index (χ0v) is 12.1. The molecule has 3 heteroatoms. The number of Topliss-reactive ketones (excluding diaryl/α,β-unsaturated/α-hetero) is 3. The fraction of sp³-hybridized carbons (Fsp3) is 0.667. The van der Waals surface area contributed by atoms with Crippen molar-refractivity contribution in [1.29, 1.82) is 0 Å². The second-order valence-electron chi connectivity index (χ2n) is 5.10. The maximum Gasteiger partial charge on any atom is 0.146 e. The Kier molecular flexibility index (Phi) is 6.74. The average Bonchev–Trinajstić information content (AvgIpc) is 2.27. The summed E-state index contributed by atoms with van der Waals surface area (Å²) < 4.78 is 0. The highest BCUT2D eigenvalue weighted by Crippen LogP contribution is 2.33. The zero-order chi connectivity index (χ0) is 14.3. The van der Waals surface area contributed by atoms with E-state index in [9.17, 15) is 14.4 Å². The van der Waals surface area contributed by atoms with Crippen LogP contribution in [0, 0.1) is 5.41 Å². The molecule has 0 fully saturated rings. The number of ketones is 3. The van der Waals surface area contributed by atoms with Gasteiger partial charge in [0.05, 0.1) is 5.41 Å². The van der Waals surface area contributed by atoms with E-state index >= 15 is 0 Å². The molecule has 102 valence electrons. The molecule has 0 saturated heterocycles. The van der Waals surface area contributed by atoms with Crippen LogP contribution in [0.1, 0.15) is 60.3 Å². The first-order chi connectivity index (χ1) is 8.26. The summed E-state index contributed by atoms with van der Waals surface area (Å²) in [5, 5.41) is 0. The van der Waals surface area contributed by atoms with Gasteiger partial charge in [0.25, 0.3) is 0 Å². The van der Waals surface area contributed by atoms with Crippen molar-refractivity contribution < 1.29 is 14.4 Å². The van der Waals surface area contributed by atoms with Crippen molar-refractivity contribution in [2.45, 2.75) is 60.3 Å². The minimum Gasteiger partial charge on any atom is -0.300 e. The molecule has 1 unspecified atom stereocenters. The second kappa shape index (κ2) is 7.24. The minimum atomic E-state index is -1.00. The van der Waals surface area contributed by atoms with Gasteiger partial charge in [0, 0.05) is 12.8 Å². The SMILES string of the molecule is CCC(=O)C(CC=C(C)C)(CCC(C)=O)C(C)=O. The fourth-order valence-corrected chi connectivity index (χ4v) is 1.98. The highest BCUT2D eigenvalue weighted by atomic mass is 16.2. The highest BCUT2D eigenvalue weighted by Gasteiger charge is 2.40. The molecule has 1 atom stereocenters. The minimum absolute atomic E-state index is 0.0155. The Morgan fingerprint density at radius 2 is 1.61 bits per heavy atom. The van der Waals surface area contributed by atoms with E-state index in [0.717, 1.165) is 5.57 Å². The Morgan fingerprint density at radius 1 is 1.06 bits per heavy atom. The molecule has 18 heavy (non-hydrogen) atoms. The smallest absolute Gasteiger partial charge is 0.146 e. The lowest BCUT2D eigenvalue weighted by Gasteiger charge is -2.28. The zero-order valence-electron chi connectivity index (χ0n) is 12.1. The molecule has 0 amide bonds. The molecule has 3 nitrogen and oxygen atoms in total. The van der Waals surface area contributed by atoms with Gasteiger partial charge in [-0.25, -0.2) is 0 Å². The van der Waals surface area contributed by atoms with Crippen molar-refractivity contribution in [3.8, 4) is 0 Å². The monoisotopic (exact) mass is 252 g/mol. The van der Waals surface area contributed by atoms with Crippen molar-refractivity contribution in [3.05, 3.63) is 11.6 Å². The molecular weight excluding hydrogens is 228 g/mol. The molecule has 0 saturated carbocycles. The van der Waals surface area contributed by atoms with E-state index in [4.69, 9.17) is 0 Å². The maximum absolute atomic E-state index is 12.1. The topological polar surface area (TPSA) is 51.2 Å². The van der Waals surface area contributed by atoms with E-state index in [0.29, 0.717) is 19.3 Å². The summed E-state index contributed by atoms with van der Waals surface area (Å²) >= 11 is 0. The number of allylic oxidation sites excluding steroid dienone is 2. The van der Waals surface area contributed by atoms with Gasteiger partial charge in [0.15, 0.2) is 0 Å². The lowest BCUT2D eigenvalue weighted by molar-refractivity contribution is -0.140. The standard InChI is InChI=1S/C15H24O3/c1-6-14(18)15(13(5)17,9-7-11(2)3)10-8-12(4)16/h7H,6,8-10H2,1-5H3. The molecule has 0 aliphatic carbocycles. The fourth-order valence-electron chi connectivity index (χ4n) is 1.98. The molecule has 0 radical (unpaired) electrons. The van der Waals surface area contributed by atoms with Gasteiger partial charge in [-0.2, -0.15) is 0 Å². The molecule has 0 heterocycles. The second-order valence-corrected chi connectivity index (χ2v) is 5.10. The third-order valence-corrected chi connectivity index (χ3v) is 3.29. The van der Waals surface area contributed by atoms with Gasteiger partial charge in [-0.3, -0.25) is 9.59 Å². The van der Waals surface area contributed by atoms with Crippen molar-refractivity contribution in [1.82, 2.24) is 0 Å². The van der Waals surface area contributed by atoms with Crippen LogP contribution >= 0.6 is 0 Å². The molecular formula is C15H24O3. The van der Waals surface area contributed by atoms with Crippen molar-refractivity contribution in [2.24, 2.45) is 5.41 Å². The molecule has 0 aromatic rings. The van der Waals surface area contributed by atoms with Crippen LogP contribution in [0.4, 0.5) is 0 Å². The summed E-state index contributed by atoms with van der Waals surface area (Å²) in [6.45, 7) is 8.57. The number of rotatable bonds is 8. The van der Waals surface area contributed by atoms with Gasteiger partial charge in [-0.1, -0.05) is 18.6 Å². The normalized spacial score (nSPS) is 13.6. The Labute approximate surface area is 110 Å². The van der Waals surface area contributed by atoms with Gasteiger partial charge in [-0.05, 0) is 40.5 Å². The predicted molar refractivity (Wildman–Crippen MR) is 72.4 cm³/mol. The van der Waals surface area contributed by atoms with E-state index in [-0.39, 0.29) is 23.8 Å². The molecule has 0 aromatic carbocycles. The number of carbonyl (C=O) groups is 3. The van der Waals surface area contributed by atoms with E-state index in [1.165, 1.54) is 13.8 Å². The number of carbonyl (C=O) groups excluding carboxylic acids is 3. The van der Waals surface area contributed by atoms with Crippen LogP contribution in [-0.2, 0) is 14.4 Å². The Balaban J connectivity index is 5.28. The first kappa shape index (κ1) is 16.8. The van der Waals surface area contributed by atoms with Crippen LogP contribution < -0.4 is 0 Å². The summed E-state index contributed by atoms with van der Waals surface area (Å²) in [4.78, 5) is 35.2. The first-order valence-corrected chi connectivity index (χ1v) is 6.43. The van der Waals surface area contributed by atoms with Gasteiger partial charge < -0.3 is 4.79 Å². The van der Waals surface area contributed by atoms with Crippen molar-refractivity contribution >= 4 is 17.3 Å². The van der Waals surface area contributed by atoms with Gasteiger partial charge in [0.1, 0.15) is 17.3 Å². The largest absolute Gasteiger partial charge is 0.300 e. The molecule has 0 aliphatic heterocycles. The molecule has 0 bridgehead atoms. The summed E-state index contributed by atoms with van der Waals surface area (Å²) in [5.41, 5.74) is 0.0740. The summed E-state index contributed by atoms with van der Waals surface area (Å²) in [7, 11) is 0. The molecule has 0 N–H and O–H groups in total. The predicted octanol–water partition coefficient (Wildman–Crippen LogP) is 3.27. The van der Waals surface area contributed by atoms with Crippen LogP contribution in [0.25, 0.3) is 0 Å². The van der Waals surface area contributed by atoms with Crippen LogP contribution in [-0.4, -0.2) is 17.3 Å². The van der Waals surface area contributed by atoms with E-state index < -0.39 is 5.41 Å². The Bertz CT molecular complexity index is 362. The number of hydrogen-bond donors (Lipinski definition) is 0. The van der Waals surface area contributed by atoms with Gasteiger partial charge in [0.2, 0.25) is 0 Å². The quantitative estimate of drug-likeness (QED) is 0.492. The summed E-state index contributed by atoms with van der Waals surface area (Å²) in [6.07, 6.45) is 3.25. The maximum atomic E-state index is 12.1. The molecule has 0 spiro atoms. The van der Waals surface area contributed by atoms with Crippen LogP contribution in [0.15, 0.2) is 11.6 Å². The molecule has 0 rings (SSSR count). The summed E-state index contributed by atoms with van der Waals surface area (Å²) in [5.74, 6) is -0.177. The first-order valence-electron chi connectivity index (χ1n) is 6.43. The number of hydrogen-bond acceptors (Lipinski definition) is 3. The third-order valence-electron chi connectivity index (χ3n) is 3.29. The lowest BCUT2D eigenvalue weighted by atomic mass is 9.71. The van der Waals surface area contributed by atoms with Crippen LogP contribution in [0.3, 0.4) is 0 Å². The Hall–Kier alpha value is -1.25. The third kappa shape index (κ3) is 4.55. The van der Waals surface area contributed by atoms with Gasteiger partial charge in [-0.15, -0.1) is 0 Å². The Morgan fingerprint density at radius 3 is 1.94 bits per heavy atom. The van der Waals surface area contributed by atoms with E-state index in [1.54, 1.807) is 6.92 Å². The van der Waals surface area contributed by atoms with E-state index in [2.05, 4.69) is 0 Å². The van der Waals surface area contributed by atoms with Crippen LogP contribution in [0.2, 0.25) is 0 Å². The average molecular weight is 252 g/mol.